The Morgan fingerprint density at radius 3 is 2.30 bits per heavy atom. The fourth-order valence-corrected chi connectivity index (χ4v) is 4.39. The maximum Gasteiger partial charge on any atom is 0.231 e. The molecular formula is C23H28O7. The second kappa shape index (κ2) is 9.02. The molecule has 2 aromatic rings. The van der Waals surface area contributed by atoms with E-state index in [1.165, 1.54) is 5.56 Å². The Hall–Kier alpha value is -2.64. The average Bonchev–Trinajstić information content (AvgIpc) is 3.39. The molecule has 7 nitrogen and oxygen atoms in total. The Morgan fingerprint density at radius 2 is 1.63 bits per heavy atom. The van der Waals surface area contributed by atoms with Gasteiger partial charge in [0, 0.05) is 0 Å². The molecular weight excluding hydrogens is 388 g/mol. The van der Waals surface area contributed by atoms with Crippen LogP contribution in [-0.4, -0.2) is 52.5 Å². The number of hydrogen-bond donors (Lipinski definition) is 1. The third-order valence-electron chi connectivity index (χ3n) is 5.92. The summed E-state index contributed by atoms with van der Waals surface area (Å²) in [5.41, 5.74) is 2.22. The number of methoxy groups -OCH3 is 3. The monoisotopic (exact) mass is 416 g/mol. The largest absolute Gasteiger partial charge is 0.493 e. The molecule has 0 bridgehead atoms. The quantitative estimate of drug-likeness (QED) is 0.709. The summed E-state index contributed by atoms with van der Waals surface area (Å²) < 4.78 is 33.3. The molecule has 0 saturated carbocycles. The normalized spacial score (nSPS) is 22.2. The molecule has 1 N–H and O–H groups in total. The number of rotatable bonds is 8. The van der Waals surface area contributed by atoms with Gasteiger partial charge in [-0.2, -0.15) is 0 Å². The number of aliphatic hydroxyl groups excluding tert-OH is 1. The Bertz CT molecular complexity index is 857. The molecule has 3 atom stereocenters. The van der Waals surface area contributed by atoms with E-state index in [9.17, 15) is 5.11 Å². The van der Waals surface area contributed by atoms with Crippen LogP contribution in [0.4, 0.5) is 0 Å². The van der Waals surface area contributed by atoms with Crippen LogP contribution < -0.4 is 23.7 Å². The summed E-state index contributed by atoms with van der Waals surface area (Å²) in [6.45, 7) is 0.864. The number of fused-ring (bicyclic) bond motifs is 1. The first-order chi connectivity index (χ1) is 14.7. The first kappa shape index (κ1) is 20.6. The second-order valence-corrected chi connectivity index (χ2v) is 7.61. The molecule has 30 heavy (non-hydrogen) atoms. The standard InChI is InChI=1S/C23H28O7/c1-25-20-9-15(10-21(26-2)23(20)27-3)7-17-16(12-28-22(17)11-24)6-14-4-5-18-19(8-14)30-13-29-18/h4-5,8-10,16-17,22,24H,6-7,11-13H2,1-3H3. The molecule has 0 amide bonds. The van der Waals surface area contributed by atoms with E-state index in [-0.39, 0.29) is 31.3 Å². The molecule has 0 radical (unpaired) electrons. The van der Waals surface area contributed by atoms with Gasteiger partial charge in [-0.1, -0.05) is 6.07 Å². The van der Waals surface area contributed by atoms with Gasteiger partial charge in [0.1, 0.15) is 0 Å². The van der Waals surface area contributed by atoms with Crippen LogP contribution in [0.1, 0.15) is 11.1 Å². The zero-order valence-electron chi connectivity index (χ0n) is 17.6. The van der Waals surface area contributed by atoms with E-state index >= 15 is 0 Å². The topological polar surface area (TPSA) is 75.6 Å². The number of hydrogen-bond acceptors (Lipinski definition) is 7. The van der Waals surface area contributed by atoms with Crippen LogP contribution in [-0.2, 0) is 17.6 Å². The highest BCUT2D eigenvalue weighted by Crippen LogP contribution is 2.41. The van der Waals surface area contributed by atoms with Gasteiger partial charge in [-0.25, -0.2) is 0 Å². The minimum Gasteiger partial charge on any atom is -0.493 e. The van der Waals surface area contributed by atoms with Crippen LogP contribution in [0.3, 0.4) is 0 Å². The van der Waals surface area contributed by atoms with Crippen molar-refractivity contribution in [2.45, 2.75) is 18.9 Å². The molecule has 0 spiro atoms. The summed E-state index contributed by atoms with van der Waals surface area (Å²) in [7, 11) is 4.81. The SMILES string of the molecule is COc1cc(CC2C(Cc3ccc4c(c3)OCO4)COC2CO)cc(OC)c1OC. The highest BCUT2D eigenvalue weighted by molar-refractivity contribution is 5.54. The van der Waals surface area contributed by atoms with Gasteiger partial charge in [-0.05, 0) is 60.1 Å². The maximum atomic E-state index is 9.88. The van der Waals surface area contributed by atoms with Crippen molar-refractivity contribution in [3.8, 4) is 28.7 Å². The Labute approximate surface area is 176 Å². The highest BCUT2D eigenvalue weighted by atomic mass is 16.7. The summed E-state index contributed by atoms with van der Waals surface area (Å²) in [4.78, 5) is 0. The highest BCUT2D eigenvalue weighted by Gasteiger charge is 2.37. The first-order valence-corrected chi connectivity index (χ1v) is 10.1. The molecule has 2 aliphatic rings. The van der Waals surface area contributed by atoms with Crippen molar-refractivity contribution < 1.29 is 33.5 Å². The Kier molecular flexibility index (Phi) is 6.20. The van der Waals surface area contributed by atoms with E-state index in [0.29, 0.717) is 23.9 Å². The zero-order valence-corrected chi connectivity index (χ0v) is 17.6. The molecule has 162 valence electrons. The maximum absolute atomic E-state index is 9.88. The van der Waals surface area contributed by atoms with E-state index in [2.05, 4.69) is 6.07 Å². The smallest absolute Gasteiger partial charge is 0.231 e. The number of aliphatic hydroxyl groups is 1. The Morgan fingerprint density at radius 1 is 0.900 bits per heavy atom. The minimum absolute atomic E-state index is 0.00721. The van der Waals surface area contributed by atoms with E-state index in [4.69, 9.17) is 28.4 Å². The fourth-order valence-electron chi connectivity index (χ4n) is 4.39. The van der Waals surface area contributed by atoms with Crippen molar-refractivity contribution in [3.05, 3.63) is 41.5 Å². The van der Waals surface area contributed by atoms with Crippen molar-refractivity contribution in [1.29, 1.82) is 0 Å². The molecule has 3 unspecified atom stereocenters. The molecule has 1 fully saturated rings. The van der Waals surface area contributed by atoms with E-state index in [0.717, 1.165) is 29.9 Å². The van der Waals surface area contributed by atoms with Crippen molar-refractivity contribution in [2.24, 2.45) is 11.8 Å². The third-order valence-corrected chi connectivity index (χ3v) is 5.92. The van der Waals surface area contributed by atoms with Gasteiger partial charge in [0.2, 0.25) is 12.5 Å². The van der Waals surface area contributed by atoms with Gasteiger partial charge < -0.3 is 33.5 Å². The van der Waals surface area contributed by atoms with Crippen LogP contribution in [0, 0.1) is 11.8 Å². The van der Waals surface area contributed by atoms with Gasteiger partial charge in [0.25, 0.3) is 0 Å². The van der Waals surface area contributed by atoms with Gasteiger partial charge >= 0.3 is 0 Å². The van der Waals surface area contributed by atoms with E-state index in [1.54, 1.807) is 21.3 Å². The van der Waals surface area contributed by atoms with Gasteiger partial charge in [0.05, 0.1) is 40.6 Å². The molecule has 2 heterocycles. The molecule has 0 aliphatic carbocycles. The third kappa shape index (κ3) is 4.00. The number of ether oxygens (including phenoxy) is 6. The first-order valence-electron chi connectivity index (χ1n) is 10.1. The average molecular weight is 416 g/mol. The fraction of sp³-hybridized carbons (Fsp3) is 0.478. The van der Waals surface area contributed by atoms with Crippen LogP contribution in [0.15, 0.2) is 30.3 Å². The molecule has 1 saturated heterocycles. The lowest BCUT2D eigenvalue weighted by Gasteiger charge is -2.23. The summed E-state index contributed by atoms with van der Waals surface area (Å²) >= 11 is 0. The van der Waals surface area contributed by atoms with Crippen molar-refractivity contribution in [3.63, 3.8) is 0 Å². The molecule has 7 heteroatoms. The predicted octanol–water partition coefficient (Wildman–Crippen LogP) is 2.85. The lowest BCUT2D eigenvalue weighted by molar-refractivity contribution is 0.0398. The van der Waals surface area contributed by atoms with E-state index < -0.39 is 0 Å². The van der Waals surface area contributed by atoms with E-state index in [1.807, 2.05) is 24.3 Å². The Balaban J connectivity index is 1.56. The zero-order chi connectivity index (χ0) is 21.1. The molecule has 2 aromatic carbocycles. The summed E-state index contributed by atoms with van der Waals surface area (Å²) in [6, 6.07) is 9.98. The van der Waals surface area contributed by atoms with Gasteiger partial charge in [0.15, 0.2) is 23.0 Å². The summed E-state index contributed by atoms with van der Waals surface area (Å²) in [5.74, 6) is 3.80. The van der Waals surface area contributed by atoms with Crippen LogP contribution in [0.25, 0.3) is 0 Å². The molecule has 4 rings (SSSR count). The van der Waals surface area contributed by atoms with Crippen LogP contribution in [0.5, 0.6) is 28.7 Å². The second-order valence-electron chi connectivity index (χ2n) is 7.61. The minimum atomic E-state index is -0.205. The van der Waals surface area contributed by atoms with Crippen LogP contribution >= 0.6 is 0 Å². The van der Waals surface area contributed by atoms with Crippen molar-refractivity contribution in [2.75, 3.05) is 41.3 Å². The number of benzene rings is 2. The van der Waals surface area contributed by atoms with Crippen molar-refractivity contribution >= 4 is 0 Å². The lowest BCUT2D eigenvalue weighted by Crippen LogP contribution is -2.27. The summed E-state index contributed by atoms with van der Waals surface area (Å²) in [5, 5.41) is 9.88. The predicted molar refractivity (Wildman–Crippen MR) is 110 cm³/mol. The summed E-state index contributed by atoms with van der Waals surface area (Å²) in [6.07, 6.45) is 1.36. The van der Waals surface area contributed by atoms with Gasteiger partial charge in [-0.15, -0.1) is 0 Å². The van der Waals surface area contributed by atoms with Crippen molar-refractivity contribution in [1.82, 2.24) is 0 Å². The van der Waals surface area contributed by atoms with Crippen LogP contribution in [0.2, 0.25) is 0 Å². The van der Waals surface area contributed by atoms with Gasteiger partial charge in [-0.3, -0.25) is 0 Å². The molecule has 2 aliphatic heterocycles. The lowest BCUT2D eigenvalue weighted by atomic mass is 9.82. The molecule has 0 aromatic heterocycles.